The van der Waals surface area contributed by atoms with Gasteiger partial charge in [0.2, 0.25) is 5.91 Å². The number of nitrogens with zero attached hydrogens (tertiary/aromatic N) is 5. The lowest BCUT2D eigenvalue weighted by Gasteiger charge is -2.35. The fourth-order valence-corrected chi connectivity index (χ4v) is 2.90. The van der Waals surface area contributed by atoms with Gasteiger partial charge in [0.25, 0.3) is 0 Å². The van der Waals surface area contributed by atoms with E-state index in [9.17, 15) is 4.79 Å². The number of hydrogen-bond donors (Lipinski definition) is 1. The molecule has 0 saturated carbocycles. The second-order valence-corrected chi connectivity index (χ2v) is 5.81. The van der Waals surface area contributed by atoms with Gasteiger partial charge < -0.3 is 14.8 Å². The molecule has 1 fully saturated rings. The first-order chi connectivity index (χ1) is 10.6. The van der Waals surface area contributed by atoms with Gasteiger partial charge in [0.15, 0.2) is 0 Å². The number of carbonyl (C=O) groups excluding carboxylic acids is 1. The summed E-state index contributed by atoms with van der Waals surface area (Å²) in [6.45, 7) is 2.75. The summed E-state index contributed by atoms with van der Waals surface area (Å²) < 4.78 is 3.66. The van der Waals surface area contributed by atoms with Crippen LogP contribution in [0.1, 0.15) is 18.3 Å². The van der Waals surface area contributed by atoms with Crippen molar-refractivity contribution in [2.75, 3.05) is 19.6 Å². The lowest BCUT2D eigenvalue weighted by Crippen LogP contribution is -2.49. The molecular formula is C14H19ClN6O. The summed E-state index contributed by atoms with van der Waals surface area (Å²) in [5.41, 5.74) is 0. The summed E-state index contributed by atoms with van der Waals surface area (Å²) in [6, 6.07) is -0.0255. The van der Waals surface area contributed by atoms with Gasteiger partial charge in [-0.2, -0.15) is 5.10 Å². The van der Waals surface area contributed by atoms with Gasteiger partial charge in [-0.05, 0) is 0 Å². The van der Waals surface area contributed by atoms with Crippen LogP contribution in [-0.2, 0) is 18.4 Å². The van der Waals surface area contributed by atoms with Crippen LogP contribution in [0.3, 0.4) is 0 Å². The van der Waals surface area contributed by atoms with Crippen LogP contribution >= 0.6 is 11.6 Å². The van der Waals surface area contributed by atoms with Crippen molar-refractivity contribution in [1.29, 1.82) is 0 Å². The van der Waals surface area contributed by atoms with Crippen LogP contribution in [0.25, 0.3) is 0 Å². The summed E-state index contributed by atoms with van der Waals surface area (Å²) >= 11 is 5.83. The molecule has 0 aliphatic carbocycles. The Hall–Kier alpha value is -1.86. The Bertz CT molecular complexity index is 651. The molecule has 0 bridgehead atoms. The van der Waals surface area contributed by atoms with E-state index in [-0.39, 0.29) is 11.9 Å². The van der Waals surface area contributed by atoms with Crippen molar-refractivity contribution in [1.82, 2.24) is 29.5 Å². The van der Waals surface area contributed by atoms with Gasteiger partial charge in [-0.1, -0.05) is 11.6 Å². The molecule has 0 radical (unpaired) electrons. The standard InChI is InChI=1S/C14H19ClN6O/c1-19-6-4-17-14(19)12-9-16-3-7-21(12)13(22)2-5-20-10-11(15)8-18-20/h4,6,8,10,12,16H,2-3,5,7,9H2,1H3. The number of hydrogen-bond acceptors (Lipinski definition) is 4. The smallest absolute Gasteiger partial charge is 0.225 e. The number of carbonyl (C=O) groups is 1. The second kappa shape index (κ2) is 6.50. The average Bonchev–Trinajstić information content (AvgIpc) is 3.13. The lowest BCUT2D eigenvalue weighted by atomic mass is 10.1. The zero-order valence-corrected chi connectivity index (χ0v) is 13.2. The molecule has 1 aliphatic heterocycles. The molecule has 7 nitrogen and oxygen atoms in total. The highest BCUT2D eigenvalue weighted by molar-refractivity contribution is 6.30. The molecule has 0 spiro atoms. The number of rotatable bonds is 4. The van der Waals surface area contributed by atoms with Crippen molar-refractivity contribution in [2.45, 2.75) is 19.0 Å². The molecule has 1 unspecified atom stereocenters. The zero-order valence-electron chi connectivity index (χ0n) is 12.4. The average molecular weight is 323 g/mol. The third kappa shape index (κ3) is 3.15. The number of halogens is 1. The van der Waals surface area contributed by atoms with Crippen LogP contribution in [0.2, 0.25) is 5.02 Å². The monoisotopic (exact) mass is 322 g/mol. The van der Waals surface area contributed by atoms with Crippen LogP contribution in [0.15, 0.2) is 24.8 Å². The van der Waals surface area contributed by atoms with Gasteiger partial charge in [0.1, 0.15) is 11.9 Å². The number of imidazole rings is 1. The first kappa shape index (κ1) is 15.1. The number of aryl methyl sites for hydroxylation is 2. The SMILES string of the molecule is Cn1ccnc1C1CNCCN1C(=O)CCn1cc(Cl)cn1. The van der Waals surface area contributed by atoms with Crippen molar-refractivity contribution in [3.05, 3.63) is 35.6 Å². The highest BCUT2D eigenvalue weighted by Crippen LogP contribution is 2.21. The fraction of sp³-hybridized carbons (Fsp3) is 0.500. The molecule has 3 rings (SSSR count). The molecule has 3 heterocycles. The van der Waals surface area contributed by atoms with Gasteiger partial charge >= 0.3 is 0 Å². The van der Waals surface area contributed by atoms with Gasteiger partial charge in [-0.15, -0.1) is 0 Å². The summed E-state index contributed by atoms with van der Waals surface area (Å²) in [4.78, 5) is 18.9. The third-order valence-corrected chi connectivity index (χ3v) is 4.07. The molecule has 8 heteroatoms. The number of aromatic nitrogens is 4. The van der Waals surface area contributed by atoms with Crippen LogP contribution in [0, 0.1) is 0 Å². The summed E-state index contributed by atoms with van der Waals surface area (Å²) in [5, 5.41) is 8.01. The maximum atomic E-state index is 12.6. The normalized spacial score (nSPS) is 18.6. The highest BCUT2D eigenvalue weighted by atomic mass is 35.5. The van der Waals surface area contributed by atoms with Gasteiger partial charge in [0, 0.05) is 58.2 Å². The largest absolute Gasteiger partial charge is 0.336 e. The Labute approximate surface area is 133 Å². The molecule has 0 aromatic carbocycles. The maximum Gasteiger partial charge on any atom is 0.225 e. The Kier molecular flexibility index (Phi) is 4.44. The van der Waals surface area contributed by atoms with Gasteiger partial charge in [-0.3, -0.25) is 9.48 Å². The Morgan fingerprint density at radius 3 is 3.09 bits per heavy atom. The van der Waals surface area contributed by atoms with E-state index in [4.69, 9.17) is 11.6 Å². The van der Waals surface area contributed by atoms with Crippen LogP contribution in [0.5, 0.6) is 0 Å². The lowest BCUT2D eigenvalue weighted by molar-refractivity contribution is -0.135. The molecular weight excluding hydrogens is 304 g/mol. The molecule has 1 N–H and O–H groups in total. The summed E-state index contributed by atoms with van der Waals surface area (Å²) in [5.74, 6) is 1.02. The van der Waals surface area contributed by atoms with E-state index in [1.165, 1.54) is 0 Å². The first-order valence-corrected chi connectivity index (χ1v) is 7.68. The van der Waals surface area contributed by atoms with Crippen LogP contribution < -0.4 is 5.32 Å². The minimum Gasteiger partial charge on any atom is -0.336 e. The maximum absolute atomic E-state index is 12.6. The van der Waals surface area contributed by atoms with E-state index in [2.05, 4.69) is 15.4 Å². The van der Waals surface area contributed by atoms with Crippen LogP contribution in [0.4, 0.5) is 0 Å². The molecule has 1 saturated heterocycles. The van der Waals surface area contributed by atoms with Gasteiger partial charge in [0.05, 0.1) is 11.2 Å². The molecule has 1 amide bonds. The summed E-state index contributed by atoms with van der Waals surface area (Å²) in [7, 11) is 1.95. The van der Waals surface area contributed by atoms with Crippen molar-refractivity contribution in [3.8, 4) is 0 Å². The quantitative estimate of drug-likeness (QED) is 0.905. The van der Waals surface area contributed by atoms with E-state index in [1.54, 1.807) is 23.3 Å². The predicted molar refractivity (Wildman–Crippen MR) is 82.4 cm³/mol. The zero-order chi connectivity index (χ0) is 15.5. The Morgan fingerprint density at radius 1 is 1.55 bits per heavy atom. The fourth-order valence-electron chi connectivity index (χ4n) is 2.75. The number of piperazine rings is 1. The molecule has 2 aromatic heterocycles. The topological polar surface area (TPSA) is 68.0 Å². The third-order valence-electron chi connectivity index (χ3n) is 3.88. The highest BCUT2D eigenvalue weighted by Gasteiger charge is 2.30. The van der Waals surface area contributed by atoms with E-state index in [0.717, 1.165) is 18.9 Å². The van der Waals surface area contributed by atoms with E-state index in [0.29, 0.717) is 24.5 Å². The predicted octanol–water partition coefficient (Wildman–Crippen LogP) is 0.833. The van der Waals surface area contributed by atoms with Crippen molar-refractivity contribution in [2.24, 2.45) is 7.05 Å². The van der Waals surface area contributed by atoms with E-state index < -0.39 is 0 Å². The minimum absolute atomic E-state index is 0.0255. The molecule has 22 heavy (non-hydrogen) atoms. The van der Waals surface area contributed by atoms with E-state index in [1.807, 2.05) is 22.7 Å². The van der Waals surface area contributed by atoms with Crippen LogP contribution in [-0.4, -0.2) is 49.8 Å². The Morgan fingerprint density at radius 2 is 2.41 bits per heavy atom. The van der Waals surface area contributed by atoms with Crippen molar-refractivity contribution in [3.63, 3.8) is 0 Å². The first-order valence-electron chi connectivity index (χ1n) is 7.30. The summed E-state index contributed by atoms with van der Waals surface area (Å²) in [6.07, 6.45) is 7.37. The van der Waals surface area contributed by atoms with Crippen molar-refractivity contribution >= 4 is 17.5 Å². The molecule has 118 valence electrons. The second-order valence-electron chi connectivity index (χ2n) is 5.38. The molecule has 1 aliphatic rings. The molecule has 1 atom stereocenters. The molecule has 2 aromatic rings. The number of nitrogens with one attached hydrogen (secondary N) is 1. The van der Waals surface area contributed by atoms with Crippen molar-refractivity contribution < 1.29 is 4.79 Å². The minimum atomic E-state index is -0.0255. The number of amides is 1. The Balaban J connectivity index is 1.67. The van der Waals surface area contributed by atoms with Gasteiger partial charge in [-0.25, -0.2) is 4.98 Å². The van der Waals surface area contributed by atoms with E-state index >= 15 is 0 Å².